The van der Waals surface area contributed by atoms with Gasteiger partial charge in [0.1, 0.15) is 11.3 Å². The first kappa shape index (κ1) is 35.7. The van der Waals surface area contributed by atoms with Gasteiger partial charge >= 0.3 is 0 Å². The second-order valence-corrected chi connectivity index (χ2v) is 11.0. The summed E-state index contributed by atoms with van der Waals surface area (Å²) in [5, 5.41) is 31.7. The molecular formula is C30H33Cl2N7O7. The Kier molecular flexibility index (Phi) is 13.2. The molecule has 3 amide bonds. The van der Waals surface area contributed by atoms with Gasteiger partial charge in [-0.25, -0.2) is 0 Å². The smallest absolute Gasteiger partial charge is 0.299 e. The number of hydrogen-bond acceptors (Lipinski definition) is 9. The van der Waals surface area contributed by atoms with Gasteiger partial charge < -0.3 is 25.8 Å². The van der Waals surface area contributed by atoms with Crippen molar-refractivity contribution in [3.05, 3.63) is 97.6 Å². The molecule has 0 saturated heterocycles. The summed E-state index contributed by atoms with van der Waals surface area (Å²) >= 11 is 11.7. The highest BCUT2D eigenvalue weighted by Gasteiger charge is 2.30. The normalized spacial score (nSPS) is 10.7. The topological polar surface area (TPSA) is 180 Å². The molecular weight excluding hydrogens is 641 g/mol. The number of anilines is 3. The van der Waals surface area contributed by atoms with Crippen LogP contribution in [0.5, 0.6) is 0 Å². The molecule has 0 aliphatic heterocycles. The van der Waals surface area contributed by atoms with Gasteiger partial charge in [-0.05, 0) is 69.5 Å². The number of amides is 3. The van der Waals surface area contributed by atoms with Crippen LogP contribution in [0.2, 0.25) is 0 Å². The first-order chi connectivity index (χ1) is 21.9. The monoisotopic (exact) mass is 673 g/mol. The molecule has 14 nitrogen and oxygen atoms in total. The summed E-state index contributed by atoms with van der Waals surface area (Å²) in [4.78, 5) is 64.3. The van der Waals surface area contributed by atoms with E-state index in [1.807, 2.05) is 19.0 Å². The van der Waals surface area contributed by atoms with Gasteiger partial charge in [-0.2, -0.15) is 0 Å². The van der Waals surface area contributed by atoms with Crippen molar-refractivity contribution in [1.82, 2.24) is 10.2 Å². The minimum absolute atomic E-state index is 0.0559. The molecule has 0 aliphatic carbocycles. The molecule has 3 aromatic rings. The van der Waals surface area contributed by atoms with E-state index in [2.05, 4.69) is 16.0 Å². The molecule has 0 atom stereocenters. The van der Waals surface area contributed by atoms with Crippen LogP contribution in [0.25, 0.3) is 0 Å². The third-order valence-electron chi connectivity index (χ3n) is 6.61. The molecule has 0 spiro atoms. The van der Waals surface area contributed by atoms with Crippen LogP contribution in [-0.4, -0.2) is 84.5 Å². The Hall–Kier alpha value is -4.79. The van der Waals surface area contributed by atoms with E-state index in [1.54, 1.807) is 18.2 Å². The Bertz CT molecular complexity index is 1600. The van der Waals surface area contributed by atoms with Crippen molar-refractivity contribution in [2.75, 3.05) is 67.6 Å². The molecule has 0 unspecified atom stereocenters. The van der Waals surface area contributed by atoms with Crippen molar-refractivity contribution in [1.29, 1.82) is 0 Å². The van der Waals surface area contributed by atoms with Crippen molar-refractivity contribution in [2.45, 2.75) is 6.42 Å². The highest BCUT2D eigenvalue weighted by atomic mass is 35.5. The van der Waals surface area contributed by atoms with E-state index < -0.39 is 38.6 Å². The number of rotatable bonds is 16. The average molecular weight is 675 g/mol. The third-order valence-corrected chi connectivity index (χ3v) is 6.95. The van der Waals surface area contributed by atoms with Crippen LogP contribution < -0.4 is 20.9 Å². The summed E-state index contributed by atoms with van der Waals surface area (Å²) in [6.07, 6.45) is 0.779. The number of benzene rings is 3. The molecule has 244 valence electrons. The maximum atomic E-state index is 13.3. The zero-order valence-electron chi connectivity index (χ0n) is 25.1. The molecule has 3 aromatic carbocycles. The summed E-state index contributed by atoms with van der Waals surface area (Å²) in [6, 6.07) is 14.0. The molecule has 0 aliphatic rings. The van der Waals surface area contributed by atoms with Gasteiger partial charge in [0.05, 0.1) is 15.9 Å². The maximum absolute atomic E-state index is 13.3. The van der Waals surface area contributed by atoms with E-state index in [4.69, 9.17) is 23.2 Å². The summed E-state index contributed by atoms with van der Waals surface area (Å²) in [5.41, 5.74) is -0.841. The van der Waals surface area contributed by atoms with Crippen LogP contribution in [0, 0.1) is 20.2 Å². The van der Waals surface area contributed by atoms with Gasteiger partial charge in [0.2, 0.25) is 0 Å². The number of hydrogen-bond donors (Lipinski definition) is 3. The van der Waals surface area contributed by atoms with E-state index in [0.29, 0.717) is 17.8 Å². The van der Waals surface area contributed by atoms with Crippen LogP contribution >= 0.6 is 23.2 Å². The molecule has 0 saturated carbocycles. The van der Waals surface area contributed by atoms with E-state index >= 15 is 0 Å². The number of nitrogens with zero attached hydrogens (tertiary/aromatic N) is 4. The molecule has 0 aromatic heterocycles. The summed E-state index contributed by atoms with van der Waals surface area (Å²) in [7, 11) is 3.89. The number of nitrogens with one attached hydrogen (secondary N) is 3. The van der Waals surface area contributed by atoms with Crippen molar-refractivity contribution in [3.8, 4) is 0 Å². The predicted molar refractivity (Wildman–Crippen MR) is 178 cm³/mol. The van der Waals surface area contributed by atoms with Crippen LogP contribution in [0.15, 0.2) is 60.7 Å². The van der Waals surface area contributed by atoms with Crippen molar-refractivity contribution in [2.24, 2.45) is 0 Å². The number of halogens is 2. The molecule has 0 radical (unpaired) electrons. The van der Waals surface area contributed by atoms with Crippen molar-refractivity contribution < 1.29 is 24.2 Å². The largest absolute Gasteiger partial charge is 0.364 e. The Morgan fingerprint density at radius 2 is 1.28 bits per heavy atom. The molecule has 0 fully saturated rings. The number of nitro benzene ring substituents is 2. The highest BCUT2D eigenvalue weighted by Crippen LogP contribution is 2.36. The maximum Gasteiger partial charge on any atom is 0.299 e. The lowest BCUT2D eigenvalue weighted by molar-refractivity contribution is -0.393. The second-order valence-electron chi connectivity index (χ2n) is 10.2. The van der Waals surface area contributed by atoms with Gasteiger partial charge in [-0.15, -0.1) is 23.2 Å². The van der Waals surface area contributed by atoms with Gasteiger partial charge in [0.15, 0.2) is 0 Å². The standard InChI is InChI=1S/C30H33Cl2N7O7/c1-36(2)13-5-12-33-28(40)20-6-3-8-22(16-20)34-29(41)21-7-4-9-23(17-21)35-30(42)24-18-26(37(14-10-31)15-11-32)27(39(45)46)19-25(24)38(43)44/h3-4,6-9,16-19H,5,10-15H2,1-2H3,(H,33,40)(H,34,41)(H,35,42). The number of nitro groups is 2. The fourth-order valence-electron chi connectivity index (χ4n) is 4.43. The van der Waals surface area contributed by atoms with Crippen molar-refractivity contribution in [3.63, 3.8) is 0 Å². The molecule has 3 rings (SSSR count). The van der Waals surface area contributed by atoms with E-state index in [0.717, 1.165) is 25.1 Å². The fourth-order valence-corrected chi connectivity index (χ4v) is 4.84. The Morgan fingerprint density at radius 1 is 0.739 bits per heavy atom. The van der Waals surface area contributed by atoms with E-state index in [1.165, 1.54) is 35.2 Å². The van der Waals surface area contributed by atoms with Crippen LogP contribution in [-0.2, 0) is 0 Å². The summed E-state index contributed by atoms with van der Waals surface area (Å²) in [5.74, 6) is -1.59. The predicted octanol–water partition coefficient (Wildman–Crippen LogP) is 4.97. The lowest BCUT2D eigenvalue weighted by Crippen LogP contribution is -2.29. The Morgan fingerprint density at radius 3 is 1.80 bits per heavy atom. The van der Waals surface area contributed by atoms with E-state index in [9.17, 15) is 34.6 Å². The molecule has 0 bridgehead atoms. The highest BCUT2D eigenvalue weighted by molar-refractivity contribution is 6.18. The fraction of sp³-hybridized carbons (Fsp3) is 0.300. The molecule has 16 heteroatoms. The average Bonchev–Trinajstić information content (AvgIpc) is 3.02. The van der Waals surface area contributed by atoms with Crippen LogP contribution in [0.4, 0.5) is 28.4 Å². The quantitative estimate of drug-likeness (QED) is 0.0818. The first-order valence-corrected chi connectivity index (χ1v) is 15.1. The summed E-state index contributed by atoms with van der Waals surface area (Å²) < 4.78 is 0. The summed E-state index contributed by atoms with van der Waals surface area (Å²) in [6.45, 7) is 1.59. The van der Waals surface area contributed by atoms with E-state index in [-0.39, 0.29) is 47.7 Å². The van der Waals surface area contributed by atoms with Crippen molar-refractivity contribution >= 4 is 69.4 Å². The number of carbonyl (C=O) groups is 3. The molecule has 3 N–H and O–H groups in total. The van der Waals surface area contributed by atoms with Gasteiger partial charge in [0, 0.05) is 53.9 Å². The first-order valence-electron chi connectivity index (χ1n) is 14.0. The van der Waals surface area contributed by atoms with Gasteiger partial charge in [-0.1, -0.05) is 12.1 Å². The van der Waals surface area contributed by atoms with Crippen LogP contribution in [0.1, 0.15) is 37.5 Å². The minimum Gasteiger partial charge on any atom is -0.364 e. The Balaban J connectivity index is 1.81. The van der Waals surface area contributed by atoms with Gasteiger partial charge in [-0.3, -0.25) is 34.6 Å². The zero-order chi connectivity index (χ0) is 33.8. The molecule has 0 heterocycles. The number of carbonyl (C=O) groups excluding carboxylic acids is 3. The Labute approximate surface area is 274 Å². The SMILES string of the molecule is CN(C)CCCNC(=O)c1cccc(NC(=O)c2cccc(NC(=O)c3cc(N(CCCl)CCCl)c([N+](=O)[O-])cc3[N+](=O)[O-])c2)c1. The van der Waals surface area contributed by atoms with Gasteiger partial charge in [0.25, 0.3) is 29.1 Å². The lowest BCUT2D eigenvalue weighted by Gasteiger charge is -2.23. The lowest BCUT2D eigenvalue weighted by atomic mass is 10.1. The minimum atomic E-state index is -0.929. The second kappa shape index (κ2) is 17.1. The number of alkyl halides is 2. The molecule has 46 heavy (non-hydrogen) atoms. The third kappa shape index (κ3) is 9.86. The van der Waals surface area contributed by atoms with Crippen LogP contribution in [0.3, 0.4) is 0 Å². The zero-order valence-corrected chi connectivity index (χ0v) is 26.6.